The van der Waals surface area contributed by atoms with E-state index in [0.717, 1.165) is 23.8 Å². The van der Waals surface area contributed by atoms with Crippen LogP contribution in [0.15, 0.2) is 21.9 Å². The fourth-order valence-corrected chi connectivity index (χ4v) is 6.43. The summed E-state index contributed by atoms with van der Waals surface area (Å²) in [4.78, 5) is 59.5. The maximum Gasteiger partial charge on any atom is 0.490 e. The smallest absolute Gasteiger partial charge is 0.387 e. The van der Waals surface area contributed by atoms with Gasteiger partial charge < -0.3 is 29.4 Å². The Morgan fingerprint density at radius 2 is 1.82 bits per heavy atom. The van der Waals surface area contributed by atoms with Crippen LogP contribution in [0, 0.1) is 11.8 Å². The summed E-state index contributed by atoms with van der Waals surface area (Å²) in [6.07, 6.45) is -5.63. The molecule has 0 amide bonds. The lowest BCUT2D eigenvalue weighted by Crippen LogP contribution is -2.45. The molecule has 20 heteroatoms. The number of phosphoric ester groups is 1. The first-order valence-electron chi connectivity index (χ1n) is 8.51. The molecule has 1 fully saturated rings. The zero-order valence-corrected chi connectivity index (χ0v) is 20.0. The van der Waals surface area contributed by atoms with Crippen molar-refractivity contribution in [2.24, 2.45) is 0 Å². The quantitative estimate of drug-likeness (QED) is 0.135. The van der Waals surface area contributed by atoms with E-state index in [9.17, 15) is 38.2 Å². The predicted molar refractivity (Wildman–Crippen MR) is 108 cm³/mol. The molecule has 6 N–H and O–H groups in total. The van der Waals surface area contributed by atoms with E-state index in [4.69, 9.17) is 26.1 Å². The average Bonchev–Trinajstić information content (AvgIpc) is 2.83. The van der Waals surface area contributed by atoms with Crippen molar-refractivity contribution in [2.75, 3.05) is 0 Å². The second-order valence-corrected chi connectivity index (χ2v) is 11.5. The summed E-state index contributed by atoms with van der Waals surface area (Å²) in [6, 6.07) is 0.955. The molecule has 186 valence electrons. The molecule has 2 rings (SSSR count). The lowest BCUT2D eigenvalue weighted by atomic mass is 9.96. The van der Waals surface area contributed by atoms with E-state index < -0.39 is 64.1 Å². The highest BCUT2D eigenvalue weighted by atomic mass is 35.5. The number of rotatable bonds is 8. The molecule has 0 bridgehead atoms. The topological polar surface area (TPSA) is 244 Å². The minimum atomic E-state index is -5.78. The molecule has 1 aromatic heterocycles. The fourth-order valence-electron chi connectivity index (χ4n) is 2.85. The van der Waals surface area contributed by atoms with Crippen molar-refractivity contribution < 1.29 is 56.3 Å². The van der Waals surface area contributed by atoms with Gasteiger partial charge in [0.25, 0.3) is 5.56 Å². The normalized spacial score (nSPS) is 30.0. The number of aliphatic hydroxyl groups excluding tert-OH is 1. The fraction of sp³-hybridized carbons (Fsp3) is 0.538. The number of phosphoric acid groups is 3. The second kappa shape index (κ2) is 9.85. The van der Waals surface area contributed by atoms with E-state index in [1.807, 2.05) is 4.98 Å². The van der Waals surface area contributed by atoms with Crippen molar-refractivity contribution >= 4 is 35.1 Å². The van der Waals surface area contributed by atoms with Gasteiger partial charge in [0, 0.05) is 12.3 Å². The second-order valence-electron chi connectivity index (χ2n) is 6.46. The van der Waals surface area contributed by atoms with Crippen LogP contribution in [0.3, 0.4) is 0 Å². The van der Waals surface area contributed by atoms with Crippen LogP contribution >= 0.6 is 35.1 Å². The average molecular weight is 555 g/mol. The minimum absolute atomic E-state index is 0.742. The number of aliphatic hydroxyl groups is 1. The SMILES string of the molecule is CC#CC1(Cl)[C@@H](O)[C@@H]([C@@H](C)OP(=O)(O)OP(=O)(O)OP(=O)(O)O)O[C@H]1n1ccc(=O)[nH]c1=O. The summed E-state index contributed by atoms with van der Waals surface area (Å²) >= 11 is 6.41. The maximum atomic E-state index is 12.2. The number of aromatic nitrogens is 2. The number of alkyl halides is 1. The van der Waals surface area contributed by atoms with Crippen molar-refractivity contribution in [3.8, 4) is 11.8 Å². The first-order chi connectivity index (χ1) is 14.9. The Bertz CT molecular complexity index is 1210. The summed E-state index contributed by atoms with van der Waals surface area (Å²) in [5.41, 5.74) is -1.72. The number of hydrogen-bond donors (Lipinski definition) is 6. The number of hydrogen-bond acceptors (Lipinski definition) is 10. The van der Waals surface area contributed by atoms with Crippen molar-refractivity contribution in [3.05, 3.63) is 33.1 Å². The highest BCUT2D eigenvalue weighted by Gasteiger charge is 2.58. The molecule has 16 nitrogen and oxygen atoms in total. The summed E-state index contributed by atoms with van der Waals surface area (Å²) in [5, 5.41) is 10.7. The van der Waals surface area contributed by atoms with Crippen LogP contribution in [-0.2, 0) is 31.6 Å². The first-order valence-corrected chi connectivity index (χ1v) is 13.4. The first kappa shape index (κ1) is 28.1. The molecule has 0 spiro atoms. The standard InChI is InChI=1S/C13H18ClN2O14P3/c1-3-5-13(14)10(18)9(27-11(13)16-6-4-8(17)15-12(16)19)7(2)28-32(23,24)30-33(25,26)29-31(20,21)22/h4,6-7,9-11,18H,1-2H3,(H,23,24)(H,25,26)(H,15,17,19)(H2,20,21,22)/t7-,9-,10+,11-,13?/m1/s1. The molecule has 1 saturated heterocycles. The Labute approximate surface area is 189 Å². The van der Waals surface area contributed by atoms with Gasteiger partial charge in [-0.2, -0.15) is 8.62 Å². The Balaban J connectivity index is 2.32. The van der Waals surface area contributed by atoms with Crippen molar-refractivity contribution in [1.29, 1.82) is 0 Å². The van der Waals surface area contributed by atoms with Gasteiger partial charge >= 0.3 is 29.2 Å². The molecule has 0 saturated carbocycles. The Morgan fingerprint density at radius 3 is 2.33 bits per heavy atom. The van der Waals surface area contributed by atoms with Crippen LogP contribution in [0.1, 0.15) is 20.1 Å². The Kier molecular flexibility index (Phi) is 8.39. The zero-order chi connectivity index (χ0) is 25.4. The highest BCUT2D eigenvalue weighted by Crippen LogP contribution is 2.66. The summed E-state index contributed by atoms with van der Waals surface area (Å²) in [5.74, 6) is 4.88. The van der Waals surface area contributed by atoms with Gasteiger partial charge in [-0.05, 0) is 13.8 Å². The summed E-state index contributed by atoms with van der Waals surface area (Å²) in [6.45, 7) is 2.40. The third kappa shape index (κ3) is 6.94. The number of nitrogens with one attached hydrogen (secondary N) is 1. The van der Waals surface area contributed by atoms with Crippen LogP contribution < -0.4 is 11.2 Å². The number of aromatic amines is 1. The molecular formula is C13H18ClN2O14P3. The third-order valence-electron chi connectivity index (χ3n) is 3.99. The lowest BCUT2D eigenvalue weighted by molar-refractivity contribution is -0.0749. The maximum absolute atomic E-state index is 12.2. The molecule has 33 heavy (non-hydrogen) atoms. The third-order valence-corrected chi connectivity index (χ3v) is 8.42. The van der Waals surface area contributed by atoms with E-state index >= 15 is 0 Å². The van der Waals surface area contributed by atoms with Crippen LogP contribution in [0.5, 0.6) is 0 Å². The lowest BCUT2D eigenvalue weighted by Gasteiger charge is -2.26. The molecule has 2 heterocycles. The molecule has 7 atom stereocenters. The highest BCUT2D eigenvalue weighted by molar-refractivity contribution is 7.66. The van der Waals surface area contributed by atoms with Gasteiger partial charge in [0.15, 0.2) is 11.1 Å². The van der Waals surface area contributed by atoms with Gasteiger partial charge in [-0.15, -0.1) is 5.92 Å². The van der Waals surface area contributed by atoms with Gasteiger partial charge in [0.05, 0.1) is 6.10 Å². The summed E-state index contributed by atoms with van der Waals surface area (Å²) in [7, 11) is -16.9. The number of H-pyrrole nitrogens is 1. The zero-order valence-electron chi connectivity index (χ0n) is 16.5. The van der Waals surface area contributed by atoms with Gasteiger partial charge in [0.1, 0.15) is 12.2 Å². The van der Waals surface area contributed by atoms with Gasteiger partial charge in [0.2, 0.25) is 0 Å². The largest absolute Gasteiger partial charge is 0.490 e. The predicted octanol–water partition coefficient (Wildman–Crippen LogP) is -0.472. The molecule has 0 radical (unpaired) electrons. The number of halogens is 1. The Hall–Kier alpha value is -1.14. The minimum Gasteiger partial charge on any atom is -0.387 e. The molecule has 1 aliphatic rings. The molecule has 3 unspecified atom stereocenters. The summed E-state index contributed by atoms with van der Waals surface area (Å²) < 4.78 is 52.4. The van der Waals surface area contributed by atoms with Gasteiger partial charge in [-0.25, -0.2) is 18.5 Å². The van der Waals surface area contributed by atoms with Crippen LogP contribution in [-0.4, -0.2) is 57.4 Å². The van der Waals surface area contributed by atoms with E-state index in [-0.39, 0.29) is 0 Å². The molecule has 0 aliphatic carbocycles. The van der Waals surface area contributed by atoms with Crippen LogP contribution in [0.4, 0.5) is 0 Å². The molecular weight excluding hydrogens is 537 g/mol. The number of nitrogens with zero attached hydrogens (tertiary/aromatic N) is 1. The van der Waals surface area contributed by atoms with Crippen LogP contribution in [0.25, 0.3) is 0 Å². The van der Waals surface area contributed by atoms with E-state index in [1.54, 1.807) is 0 Å². The number of ether oxygens (including phenoxy) is 1. The Morgan fingerprint density at radius 1 is 1.21 bits per heavy atom. The van der Waals surface area contributed by atoms with Crippen molar-refractivity contribution in [1.82, 2.24) is 9.55 Å². The van der Waals surface area contributed by atoms with E-state index in [0.29, 0.717) is 0 Å². The van der Waals surface area contributed by atoms with Crippen molar-refractivity contribution in [3.63, 3.8) is 0 Å². The van der Waals surface area contributed by atoms with E-state index in [2.05, 4.69) is 25.0 Å². The molecule has 1 aliphatic heterocycles. The molecule has 1 aromatic rings. The van der Waals surface area contributed by atoms with Crippen molar-refractivity contribution in [2.45, 2.75) is 43.3 Å². The monoisotopic (exact) mass is 554 g/mol. The van der Waals surface area contributed by atoms with Crippen LogP contribution in [0.2, 0.25) is 0 Å². The molecule has 0 aromatic carbocycles. The van der Waals surface area contributed by atoms with E-state index in [1.165, 1.54) is 6.92 Å². The van der Waals surface area contributed by atoms with Gasteiger partial charge in [-0.1, -0.05) is 17.5 Å². The van der Waals surface area contributed by atoms with Gasteiger partial charge in [-0.3, -0.25) is 18.9 Å².